The van der Waals surface area contributed by atoms with Crippen LogP contribution < -0.4 is 0 Å². The molecule has 0 atom stereocenters. The van der Waals surface area contributed by atoms with Crippen molar-refractivity contribution in [3.05, 3.63) is 17.0 Å². The fraction of sp³-hybridized carbons (Fsp3) is 0.600. The highest BCUT2D eigenvalue weighted by Gasteiger charge is 2.18. The van der Waals surface area contributed by atoms with Gasteiger partial charge < -0.3 is 4.74 Å². The van der Waals surface area contributed by atoms with Crippen molar-refractivity contribution in [3.63, 3.8) is 0 Å². The highest BCUT2D eigenvalue weighted by Crippen LogP contribution is 2.18. The van der Waals surface area contributed by atoms with E-state index in [1.54, 1.807) is 0 Å². The predicted molar refractivity (Wildman–Crippen MR) is 50.9 cm³/mol. The first-order chi connectivity index (χ1) is 6.81. The molecule has 1 aliphatic rings. The zero-order chi connectivity index (χ0) is 9.97. The molecular formula is C10H14N2O2. The second kappa shape index (κ2) is 3.92. The van der Waals surface area contributed by atoms with Gasteiger partial charge >= 0.3 is 0 Å². The van der Waals surface area contributed by atoms with E-state index in [4.69, 9.17) is 4.74 Å². The summed E-state index contributed by atoms with van der Waals surface area (Å²) in [5.41, 5.74) is 3.10. The minimum atomic E-state index is 0.227. The molecule has 0 radical (unpaired) electrons. The molecule has 0 unspecified atom stereocenters. The van der Waals surface area contributed by atoms with E-state index in [9.17, 15) is 4.79 Å². The number of hydrogen-bond acceptors (Lipinski definition) is 3. The summed E-state index contributed by atoms with van der Waals surface area (Å²) in [7, 11) is 0. The summed E-state index contributed by atoms with van der Waals surface area (Å²) in [6.07, 6.45) is 1.89. The molecule has 0 aliphatic carbocycles. The van der Waals surface area contributed by atoms with Crippen molar-refractivity contribution in [1.29, 1.82) is 0 Å². The second-order valence-electron chi connectivity index (χ2n) is 3.50. The lowest BCUT2D eigenvalue weighted by molar-refractivity contribution is -0.118. The first-order valence-electron chi connectivity index (χ1n) is 4.95. The third kappa shape index (κ3) is 1.70. The average Bonchev–Trinajstić information content (AvgIpc) is 2.62. The molecule has 4 heteroatoms. The molecule has 0 saturated carbocycles. The summed E-state index contributed by atoms with van der Waals surface area (Å²) >= 11 is 0. The number of carbonyl (C=O) groups is 1. The van der Waals surface area contributed by atoms with Crippen LogP contribution in [0.3, 0.4) is 0 Å². The fourth-order valence-electron chi connectivity index (χ4n) is 1.63. The largest absolute Gasteiger partial charge is 0.376 e. The number of aromatic amines is 1. The highest BCUT2D eigenvalue weighted by molar-refractivity contribution is 5.80. The van der Waals surface area contributed by atoms with Crippen molar-refractivity contribution < 1.29 is 9.53 Å². The quantitative estimate of drug-likeness (QED) is 0.781. The average molecular weight is 194 g/mol. The molecule has 2 rings (SSSR count). The van der Waals surface area contributed by atoms with Crippen molar-refractivity contribution in [2.24, 2.45) is 0 Å². The predicted octanol–water partition coefficient (Wildman–Crippen LogP) is 1.00. The van der Waals surface area contributed by atoms with E-state index >= 15 is 0 Å². The van der Waals surface area contributed by atoms with Gasteiger partial charge in [0.25, 0.3) is 0 Å². The maximum absolute atomic E-state index is 11.3. The van der Waals surface area contributed by atoms with E-state index in [2.05, 4.69) is 10.2 Å². The Morgan fingerprint density at radius 3 is 3.29 bits per heavy atom. The van der Waals surface area contributed by atoms with Gasteiger partial charge in [-0.1, -0.05) is 6.92 Å². The van der Waals surface area contributed by atoms with Gasteiger partial charge in [0.15, 0.2) is 0 Å². The Morgan fingerprint density at radius 2 is 2.50 bits per heavy atom. The molecule has 1 aliphatic heterocycles. The van der Waals surface area contributed by atoms with E-state index in [1.807, 2.05) is 6.92 Å². The van der Waals surface area contributed by atoms with Crippen LogP contribution >= 0.6 is 0 Å². The lowest BCUT2D eigenvalue weighted by Crippen LogP contribution is -2.11. The summed E-state index contributed by atoms with van der Waals surface area (Å²) in [6, 6.07) is 0. The number of hydrogen-bond donors (Lipinski definition) is 1. The zero-order valence-electron chi connectivity index (χ0n) is 8.30. The second-order valence-corrected chi connectivity index (χ2v) is 3.50. The Bertz CT molecular complexity index is 344. The number of ether oxygens (including phenoxy) is 1. The Balaban J connectivity index is 2.18. The zero-order valence-corrected chi connectivity index (χ0v) is 8.30. The first kappa shape index (κ1) is 9.40. The summed E-state index contributed by atoms with van der Waals surface area (Å²) in [6.45, 7) is 3.21. The van der Waals surface area contributed by atoms with Crippen LogP contribution in [0.4, 0.5) is 0 Å². The Morgan fingerprint density at radius 1 is 1.64 bits per heavy atom. The van der Waals surface area contributed by atoms with Gasteiger partial charge in [-0.2, -0.15) is 5.10 Å². The van der Waals surface area contributed by atoms with E-state index in [0.29, 0.717) is 19.4 Å². The van der Waals surface area contributed by atoms with Crippen LogP contribution in [0.15, 0.2) is 0 Å². The van der Waals surface area contributed by atoms with Crippen molar-refractivity contribution in [1.82, 2.24) is 10.2 Å². The molecule has 1 aromatic rings. The molecule has 14 heavy (non-hydrogen) atoms. The molecule has 4 nitrogen and oxygen atoms in total. The Labute approximate surface area is 82.7 Å². The molecular weight excluding hydrogens is 180 g/mol. The van der Waals surface area contributed by atoms with Gasteiger partial charge in [-0.25, -0.2) is 0 Å². The van der Waals surface area contributed by atoms with Crippen molar-refractivity contribution in [2.45, 2.75) is 32.8 Å². The van der Waals surface area contributed by atoms with Gasteiger partial charge in [0.05, 0.1) is 25.3 Å². The fourth-order valence-corrected chi connectivity index (χ4v) is 1.63. The summed E-state index contributed by atoms with van der Waals surface area (Å²) in [5, 5.41) is 7.13. The van der Waals surface area contributed by atoms with Gasteiger partial charge in [-0.3, -0.25) is 9.89 Å². The van der Waals surface area contributed by atoms with Crippen LogP contribution in [0.25, 0.3) is 0 Å². The molecule has 76 valence electrons. The molecule has 0 spiro atoms. The van der Waals surface area contributed by atoms with Crippen molar-refractivity contribution in [2.75, 3.05) is 6.61 Å². The SMILES string of the molecule is CCC(=O)Cc1n[nH]c2c1COCC2. The molecule has 1 N–H and O–H groups in total. The third-order valence-corrected chi connectivity index (χ3v) is 2.54. The molecule has 0 bridgehead atoms. The van der Waals surface area contributed by atoms with Crippen LogP contribution in [-0.2, 0) is 29.0 Å². The lowest BCUT2D eigenvalue weighted by atomic mass is 10.1. The topological polar surface area (TPSA) is 55.0 Å². The van der Waals surface area contributed by atoms with E-state index in [1.165, 1.54) is 0 Å². The number of Topliss-reactive ketones (excluding diaryl/α,β-unsaturated/α-hetero) is 1. The molecule has 0 fully saturated rings. The van der Waals surface area contributed by atoms with Crippen LogP contribution in [0.1, 0.15) is 30.3 Å². The minimum Gasteiger partial charge on any atom is -0.376 e. The van der Waals surface area contributed by atoms with Crippen LogP contribution in [-0.4, -0.2) is 22.6 Å². The summed E-state index contributed by atoms with van der Waals surface area (Å²) in [4.78, 5) is 11.3. The number of nitrogens with zero attached hydrogens (tertiary/aromatic N) is 1. The van der Waals surface area contributed by atoms with Gasteiger partial charge in [0.2, 0.25) is 0 Å². The van der Waals surface area contributed by atoms with Crippen LogP contribution in [0, 0.1) is 0 Å². The maximum atomic E-state index is 11.3. The van der Waals surface area contributed by atoms with Crippen molar-refractivity contribution in [3.8, 4) is 0 Å². The Hall–Kier alpha value is -1.16. The molecule has 0 amide bonds. The number of fused-ring (bicyclic) bond motifs is 1. The van der Waals surface area contributed by atoms with Crippen LogP contribution in [0.5, 0.6) is 0 Å². The number of nitrogens with one attached hydrogen (secondary N) is 1. The normalized spacial score (nSPS) is 15.2. The number of rotatable bonds is 3. The molecule has 1 aromatic heterocycles. The highest BCUT2D eigenvalue weighted by atomic mass is 16.5. The van der Waals surface area contributed by atoms with E-state index < -0.39 is 0 Å². The Kier molecular flexibility index (Phi) is 2.63. The summed E-state index contributed by atoms with van der Waals surface area (Å²) < 4.78 is 5.34. The smallest absolute Gasteiger partial charge is 0.138 e. The number of carbonyl (C=O) groups excluding carboxylic acids is 1. The number of ketones is 1. The van der Waals surface area contributed by atoms with Crippen LogP contribution in [0.2, 0.25) is 0 Å². The molecule has 2 heterocycles. The van der Waals surface area contributed by atoms with Gasteiger partial charge in [-0.05, 0) is 0 Å². The number of aromatic nitrogens is 2. The van der Waals surface area contributed by atoms with Gasteiger partial charge in [0.1, 0.15) is 5.78 Å². The molecule has 0 aromatic carbocycles. The first-order valence-corrected chi connectivity index (χ1v) is 4.95. The lowest BCUT2D eigenvalue weighted by Gasteiger charge is -2.11. The van der Waals surface area contributed by atoms with Gasteiger partial charge in [-0.15, -0.1) is 0 Å². The van der Waals surface area contributed by atoms with E-state index in [0.717, 1.165) is 30.0 Å². The summed E-state index contributed by atoms with van der Waals surface area (Å²) in [5.74, 6) is 0.227. The third-order valence-electron chi connectivity index (χ3n) is 2.54. The minimum absolute atomic E-state index is 0.227. The van der Waals surface area contributed by atoms with Gasteiger partial charge in [0, 0.05) is 24.1 Å². The van der Waals surface area contributed by atoms with E-state index in [-0.39, 0.29) is 5.78 Å². The standard InChI is InChI=1S/C10H14N2O2/c1-2-7(13)5-10-8-6-14-4-3-9(8)11-12-10/h2-6H2,1H3,(H,11,12). The maximum Gasteiger partial charge on any atom is 0.138 e. The number of H-pyrrole nitrogens is 1. The molecule has 0 saturated heterocycles. The monoisotopic (exact) mass is 194 g/mol. The van der Waals surface area contributed by atoms with Crippen molar-refractivity contribution >= 4 is 5.78 Å².